The maximum atomic E-state index is 13.0. The second kappa shape index (κ2) is 62.8. The molecule has 91 heavy (non-hydrogen) atoms. The van der Waals surface area contributed by atoms with E-state index in [-0.39, 0.29) is 25.7 Å². The van der Waals surface area contributed by atoms with Crippen molar-refractivity contribution in [3.63, 3.8) is 0 Å². The minimum absolute atomic E-state index is 0.104. The molecule has 0 heterocycles. The Hall–Kier alpha value is -1.94. The predicted molar refractivity (Wildman–Crippen MR) is 368 cm³/mol. The summed E-state index contributed by atoms with van der Waals surface area (Å²) in [7, 11) is -9.90. The Kier molecular flexibility index (Phi) is 61.5. The fraction of sp³-hybridized carbons (Fsp3) is 0.944. The molecule has 0 bridgehead atoms. The summed E-state index contributed by atoms with van der Waals surface area (Å²) in [6.45, 7) is 11.8. The first kappa shape index (κ1) is 89.1. The quantitative estimate of drug-likeness (QED) is 0.0222. The third-order valence-corrected chi connectivity index (χ3v) is 18.9. The Morgan fingerprint density at radius 1 is 0.319 bits per heavy atom. The third-order valence-electron chi connectivity index (χ3n) is 17.0. The molecule has 540 valence electrons. The molecule has 3 unspecified atom stereocenters. The minimum Gasteiger partial charge on any atom is -0.462 e. The van der Waals surface area contributed by atoms with Crippen LogP contribution in [0.25, 0.3) is 0 Å². The van der Waals surface area contributed by atoms with Crippen LogP contribution in [-0.4, -0.2) is 96.7 Å². The predicted octanol–water partition coefficient (Wildman–Crippen LogP) is 20.6. The molecule has 0 aromatic heterocycles. The van der Waals surface area contributed by atoms with Crippen LogP contribution in [0.15, 0.2) is 0 Å². The van der Waals surface area contributed by atoms with Gasteiger partial charge in [0.15, 0.2) is 12.2 Å². The maximum Gasteiger partial charge on any atom is 0.472 e. The second-order valence-electron chi connectivity index (χ2n) is 27.2. The van der Waals surface area contributed by atoms with Gasteiger partial charge in [0.1, 0.15) is 19.3 Å². The number of esters is 4. The molecule has 0 aromatic carbocycles. The van der Waals surface area contributed by atoms with Gasteiger partial charge in [-0.15, -0.1) is 0 Å². The number of aliphatic hydroxyl groups excluding tert-OH is 1. The van der Waals surface area contributed by atoms with Crippen molar-refractivity contribution in [2.45, 2.75) is 381 Å². The van der Waals surface area contributed by atoms with Gasteiger partial charge in [0.25, 0.3) is 0 Å². The average molecular weight is 1340 g/mol. The summed E-state index contributed by atoms with van der Waals surface area (Å²) in [5.41, 5.74) is 0. The van der Waals surface area contributed by atoms with E-state index in [4.69, 9.17) is 37.0 Å². The number of phosphoric ester groups is 2. The fourth-order valence-corrected chi connectivity index (χ4v) is 12.4. The van der Waals surface area contributed by atoms with E-state index < -0.39 is 97.5 Å². The van der Waals surface area contributed by atoms with Gasteiger partial charge in [-0.1, -0.05) is 312 Å². The first-order chi connectivity index (χ1) is 43.8. The van der Waals surface area contributed by atoms with E-state index in [9.17, 15) is 43.2 Å². The number of rotatable bonds is 70. The van der Waals surface area contributed by atoms with Gasteiger partial charge in [-0.05, 0) is 43.4 Å². The van der Waals surface area contributed by atoms with Gasteiger partial charge in [-0.3, -0.25) is 37.3 Å². The van der Waals surface area contributed by atoms with Crippen molar-refractivity contribution < 1.29 is 80.2 Å². The second-order valence-corrected chi connectivity index (χ2v) is 30.1. The first-order valence-electron chi connectivity index (χ1n) is 37.4. The lowest BCUT2D eigenvalue weighted by Crippen LogP contribution is -2.30. The number of aliphatic hydroxyl groups is 1. The van der Waals surface area contributed by atoms with Gasteiger partial charge in [-0.25, -0.2) is 9.13 Å². The van der Waals surface area contributed by atoms with Crippen LogP contribution < -0.4 is 0 Å². The fourth-order valence-electron chi connectivity index (χ4n) is 10.9. The maximum absolute atomic E-state index is 13.0. The van der Waals surface area contributed by atoms with Crippen molar-refractivity contribution in [1.29, 1.82) is 0 Å². The molecule has 0 saturated heterocycles. The van der Waals surface area contributed by atoms with E-state index >= 15 is 0 Å². The van der Waals surface area contributed by atoms with Crippen LogP contribution in [0.5, 0.6) is 0 Å². The van der Waals surface area contributed by atoms with Crippen LogP contribution in [0.4, 0.5) is 0 Å². The molecule has 3 N–H and O–H groups in total. The Morgan fingerprint density at radius 3 is 0.835 bits per heavy atom. The SMILES string of the molecule is CCCCCCCCCC(=O)OC[C@H](COP(=O)(O)OC[C@H](O)COP(=O)(O)OC[C@@H](COC(=O)CCCCCCCCCCC(C)C)OC(=O)CCCCCCCCCCCCCCCCCCCCC(C)CC)OC(=O)CCCCCCCCCCC(C)C. The molecule has 0 rings (SSSR count). The summed E-state index contributed by atoms with van der Waals surface area (Å²) < 4.78 is 68.2. The molecule has 0 amide bonds. The molecule has 0 saturated carbocycles. The molecule has 6 atom stereocenters. The van der Waals surface area contributed by atoms with Crippen molar-refractivity contribution in [3.8, 4) is 0 Å². The molecular weight excluding hydrogens is 1200 g/mol. The van der Waals surface area contributed by atoms with Gasteiger partial charge in [0, 0.05) is 25.7 Å². The largest absolute Gasteiger partial charge is 0.472 e. The number of carbonyl (C=O) groups is 4. The van der Waals surface area contributed by atoms with E-state index in [0.717, 1.165) is 120 Å². The molecule has 0 radical (unpaired) electrons. The van der Waals surface area contributed by atoms with Crippen LogP contribution >= 0.6 is 15.6 Å². The minimum atomic E-state index is -4.95. The van der Waals surface area contributed by atoms with Crippen molar-refractivity contribution in [2.75, 3.05) is 39.6 Å². The monoisotopic (exact) mass is 1340 g/mol. The number of hydrogen-bond acceptors (Lipinski definition) is 15. The molecule has 0 aromatic rings. The number of unbranched alkanes of at least 4 members (excludes halogenated alkanes) is 37. The van der Waals surface area contributed by atoms with Crippen LogP contribution in [0.3, 0.4) is 0 Å². The van der Waals surface area contributed by atoms with Crippen molar-refractivity contribution >= 4 is 39.5 Å². The zero-order valence-electron chi connectivity index (χ0n) is 59.3. The lowest BCUT2D eigenvalue weighted by Gasteiger charge is -2.21. The van der Waals surface area contributed by atoms with Gasteiger partial charge < -0.3 is 33.8 Å². The van der Waals surface area contributed by atoms with Crippen LogP contribution in [-0.2, 0) is 65.4 Å². The molecular formula is C72H140O17P2. The average Bonchev–Trinajstić information content (AvgIpc) is 3.62. The van der Waals surface area contributed by atoms with E-state index in [1.54, 1.807) is 0 Å². The third kappa shape index (κ3) is 65.1. The van der Waals surface area contributed by atoms with E-state index in [0.29, 0.717) is 25.7 Å². The molecule has 17 nitrogen and oxygen atoms in total. The normalized spacial score (nSPS) is 14.5. The highest BCUT2D eigenvalue weighted by molar-refractivity contribution is 7.47. The van der Waals surface area contributed by atoms with Crippen LogP contribution in [0.2, 0.25) is 0 Å². The molecule has 19 heteroatoms. The van der Waals surface area contributed by atoms with Gasteiger partial charge in [-0.2, -0.15) is 0 Å². The first-order valence-corrected chi connectivity index (χ1v) is 40.4. The highest BCUT2D eigenvalue weighted by atomic mass is 31.2. The van der Waals surface area contributed by atoms with E-state index in [2.05, 4.69) is 48.5 Å². The number of phosphoric acid groups is 2. The van der Waals surface area contributed by atoms with Gasteiger partial charge in [0.2, 0.25) is 0 Å². The zero-order chi connectivity index (χ0) is 67.3. The van der Waals surface area contributed by atoms with Crippen molar-refractivity contribution in [2.24, 2.45) is 17.8 Å². The van der Waals surface area contributed by atoms with Gasteiger partial charge >= 0.3 is 39.5 Å². The summed E-state index contributed by atoms with van der Waals surface area (Å²) in [5, 5.41) is 10.6. The zero-order valence-corrected chi connectivity index (χ0v) is 61.1. The Bertz CT molecular complexity index is 1790. The summed E-state index contributed by atoms with van der Waals surface area (Å²) in [4.78, 5) is 72.4. The van der Waals surface area contributed by atoms with Crippen LogP contribution in [0, 0.1) is 17.8 Å². The molecule has 0 spiro atoms. The standard InChI is InChI=1S/C72H140O17P2/c1-8-10-11-12-29-39-46-53-69(74)82-59-67(89-72(77)56-49-42-35-28-26-31-37-44-51-64(5)6)61-86-90(78,79)84-57-66(73)58-85-91(80,81)87-62-68(60-83-70(75)54-47-40-33-27-25-30-36-43-50-63(3)4)88-71(76)55-48-41-34-24-22-20-18-16-14-13-15-17-19-21-23-32-38-45-52-65(7)9-2/h63-68,73H,8-62H2,1-7H3,(H,78,79)(H,80,81)/t65?,66-,67+,68+/m0/s1. The number of carbonyl (C=O) groups excluding carboxylic acids is 4. The Labute approximate surface area is 556 Å². The summed E-state index contributed by atoms with van der Waals surface area (Å²) in [5.74, 6) is 0.184. The highest BCUT2D eigenvalue weighted by Gasteiger charge is 2.30. The van der Waals surface area contributed by atoms with Crippen molar-refractivity contribution in [3.05, 3.63) is 0 Å². The number of hydrogen-bond donors (Lipinski definition) is 3. The van der Waals surface area contributed by atoms with Crippen molar-refractivity contribution in [1.82, 2.24) is 0 Å². The van der Waals surface area contributed by atoms with E-state index in [1.807, 2.05) is 0 Å². The molecule has 0 fully saturated rings. The summed E-state index contributed by atoms with van der Waals surface area (Å²) >= 11 is 0. The molecule has 0 aliphatic carbocycles. The van der Waals surface area contributed by atoms with E-state index in [1.165, 1.54) is 161 Å². The lowest BCUT2D eigenvalue weighted by atomic mass is 9.99. The molecule has 0 aliphatic rings. The summed E-state index contributed by atoms with van der Waals surface area (Å²) in [6, 6.07) is 0. The van der Waals surface area contributed by atoms with Crippen LogP contribution in [0.1, 0.15) is 363 Å². The highest BCUT2D eigenvalue weighted by Crippen LogP contribution is 2.45. The van der Waals surface area contributed by atoms with Gasteiger partial charge in [0.05, 0.1) is 26.4 Å². The molecule has 0 aliphatic heterocycles. The number of ether oxygens (including phenoxy) is 4. The Balaban J connectivity index is 5.12. The topological polar surface area (TPSA) is 237 Å². The summed E-state index contributed by atoms with van der Waals surface area (Å²) in [6.07, 6.45) is 47.5. The smallest absolute Gasteiger partial charge is 0.462 e. The lowest BCUT2D eigenvalue weighted by molar-refractivity contribution is -0.161. The Morgan fingerprint density at radius 2 is 0.560 bits per heavy atom.